The van der Waals surface area contributed by atoms with Crippen molar-refractivity contribution >= 4 is 28.1 Å². The first-order chi connectivity index (χ1) is 9.29. The van der Waals surface area contributed by atoms with Crippen molar-refractivity contribution < 1.29 is 14.3 Å². The molecule has 0 aliphatic rings. The van der Waals surface area contributed by atoms with Crippen LogP contribution in [0.1, 0.15) is 36.8 Å². The molecule has 2 aromatic rings. The molecule has 1 heterocycles. The van der Waals surface area contributed by atoms with E-state index in [2.05, 4.69) is 10.3 Å². The molecule has 0 radical (unpaired) electrons. The average Bonchev–Trinajstić information content (AvgIpc) is 2.79. The Hall–Kier alpha value is -1.95. The minimum absolute atomic E-state index is 0.0604. The number of aromatic nitrogens is 1. The monoisotopic (exact) mass is 294 g/mol. The Morgan fingerprint density at radius 3 is 2.65 bits per heavy atom. The van der Waals surface area contributed by atoms with Gasteiger partial charge in [0.15, 0.2) is 5.13 Å². The molecular weight excluding hydrogens is 279 g/mol. The van der Waals surface area contributed by atoms with Crippen LogP contribution in [0, 0.1) is 5.82 Å². The fraction of sp³-hybridized carbons (Fsp3) is 0.286. The largest absolute Gasteiger partial charge is 0.478 e. The third-order valence-corrected chi connectivity index (χ3v) is 3.51. The van der Waals surface area contributed by atoms with E-state index in [0.717, 1.165) is 5.69 Å². The first-order valence-electron chi connectivity index (χ1n) is 6.04. The molecule has 0 saturated carbocycles. The van der Waals surface area contributed by atoms with Gasteiger partial charge in [-0.1, -0.05) is 26.8 Å². The van der Waals surface area contributed by atoms with Gasteiger partial charge in [0.25, 0.3) is 0 Å². The summed E-state index contributed by atoms with van der Waals surface area (Å²) in [5.74, 6) is -1.79. The van der Waals surface area contributed by atoms with Gasteiger partial charge in [-0.25, -0.2) is 14.2 Å². The van der Waals surface area contributed by atoms with Crippen molar-refractivity contribution in [3.8, 4) is 0 Å². The predicted molar refractivity (Wildman–Crippen MR) is 77.5 cm³/mol. The number of rotatable bonds is 3. The number of halogens is 1. The Bertz CT molecular complexity index is 647. The number of thiazole rings is 1. The second-order valence-corrected chi connectivity index (χ2v) is 6.24. The molecule has 0 amide bonds. The first-order valence-corrected chi connectivity index (χ1v) is 6.92. The van der Waals surface area contributed by atoms with Crippen LogP contribution >= 0.6 is 11.3 Å². The van der Waals surface area contributed by atoms with Crippen LogP contribution in [0.15, 0.2) is 23.6 Å². The Kier molecular flexibility index (Phi) is 3.76. The molecule has 6 heteroatoms. The SMILES string of the molecule is CC(C)(C)c1csc(Nc2c(F)cccc2C(=O)O)n1. The van der Waals surface area contributed by atoms with Crippen LogP contribution in [-0.4, -0.2) is 16.1 Å². The van der Waals surface area contributed by atoms with Gasteiger partial charge >= 0.3 is 5.97 Å². The highest BCUT2D eigenvalue weighted by molar-refractivity contribution is 7.13. The number of para-hydroxylation sites is 1. The van der Waals surface area contributed by atoms with E-state index in [1.54, 1.807) is 0 Å². The van der Waals surface area contributed by atoms with Crippen LogP contribution in [0.25, 0.3) is 0 Å². The molecule has 2 N–H and O–H groups in total. The minimum Gasteiger partial charge on any atom is -0.478 e. The third kappa shape index (κ3) is 2.96. The lowest BCUT2D eigenvalue weighted by Gasteiger charge is -2.14. The summed E-state index contributed by atoms with van der Waals surface area (Å²) in [6.07, 6.45) is 0. The molecule has 0 aliphatic carbocycles. The van der Waals surface area contributed by atoms with Crippen molar-refractivity contribution in [2.75, 3.05) is 5.32 Å². The molecule has 4 nitrogen and oxygen atoms in total. The molecule has 106 valence electrons. The summed E-state index contributed by atoms with van der Waals surface area (Å²) in [7, 11) is 0. The normalized spacial score (nSPS) is 11.4. The molecular formula is C14H15FN2O2S. The minimum atomic E-state index is -1.18. The molecule has 0 fully saturated rings. The van der Waals surface area contributed by atoms with E-state index in [1.807, 2.05) is 26.2 Å². The fourth-order valence-corrected chi connectivity index (χ4v) is 2.55. The van der Waals surface area contributed by atoms with E-state index in [9.17, 15) is 9.18 Å². The van der Waals surface area contributed by atoms with Crippen molar-refractivity contribution in [3.63, 3.8) is 0 Å². The molecule has 0 atom stereocenters. The number of hydrogen-bond donors (Lipinski definition) is 2. The summed E-state index contributed by atoms with van der Waals surface area (Å²) < 4.78 is 13.8. The van der Waals surface area contributed by atoms with Crippen LogP contribution in [0.4, 0.5) is 15.2 Å². The van der Waals surface area contributed by atoms with Crippen molar-refractivity contribution in [3.05, 3.63) is 40.7 Å². The lowest BCUT2D eigenvalue weighted by atomic mass is 9.93. The first kappa shape index (κ1) is 14.5. The Morgan fingerprint density at radius 1 is 1.40 bits per heavy atom. The summed E-state index contributed by atoms with van der Waals surface area (Å²) in [6, 6.07) is 3.94. The van der Waals surface area contributed by atoms with E-state index in [-0.39, 0.29) is 16.7 Å². The van der Waals surface area contributed by atoms with Crippen molar-refractivity contribution in [2.24, 2.45) is 0 Å². The van der Waals surface area contributed by atoms with Crippen molar-refractivity contribution in [1.82, 2.24) is 4.98 Å². The van der Waals surface area contributed by atoms with Crippen LogP contribution in [0.3, 0.4) is 0 Å². The summed E-state index contributed by atoms with van der Waals surface area (Å²) in [5, 5.41) is 14.2. The van der Waals surface area contributed by atoms with Gasteiger partial charge in [0.2, 0.25) is 0 Å². The van der Waals surface area contributed by atoms with Crippen LogP contribution < -0.4 is 5.32 Å². The van der Waals surface area contributed by atoms with Crippen molar-refractivity contribution in [1.29, 1.82) is 0 Å². The number of carboxylic acids is 1. The molecule has 0 bridgehead atoms. The molecule has 0 saturated heterocycles. The standard InChI is InChI=1S/C14H15FN2O2S/c1-14(2,3)10-7-20-13(16-10)17-11-8(12(18)19)5-4-6-9(11)15/h4-7H,1-3H3,(H,16,17)(H,18,19). The molecule has 1 aromatic carbocycles. The Morgan fingerprint density at radius 2 is 2.10 bits per heavy atom. The zero-order valence-electron chi connectivity index (χ0n) is 11.4. The molecule has 0 aliphatic heterocycles. The fourth-order valence-electron chi connectivity index (χ4n) is 1.61. The third-order valence-electron chi connectivity index (χ3n) is 2.75. The zero-order chi connectivity index (χ0) is 14.9. The lowest BCUT2D eigenvalue weighted by molar-refractivity contribution is 0.0697. The highest BCUT2D eigenvalue weighted by Crippen LogP contribution is 2.30. The number of carbonyl (C=O) groups is 1. The maximum absolute atomic E-state index is 13.8. The Labute approximate surface area is 120 Å². The number of nitrogens with one attached hydrogen (secondary N) is 1. The van der Waals surface area contributed by atoms with Gasteiger partial charge in [0, 0.05) is 10.8 Å². The molecule has 0 unspecified atom stereocenters. The van der Waals surface area contributed by atoms with E-state index in [1.165, 1.54) is 29.5 Å². The average molecular weight is 294 g/mol. The molecule has 1 aromatic heterocycles. The van der Waals surface area contributed by atoms with Gasteiger partial charge in [-0.05, 0) is 12.1 Å². The van der Waals surface area contributed by atoms with Crippen LogP contribution in [0.2, 0.25) is 0 Å². The number of nitrogens with zero attached hydrogens (tertiary/aromatic N) is 1. The number of carboxylic acid groups (broad SMARTS) is 1. The van der Waals surface area contributed by atoms with Crippen molar-refractivity contribution in [2.45, 2.75) is 26.2 Å². The van der Waals surface area contributed by atoms with Crippen LogP contribution in [0.5, 0.6) is 0 Å². The highest BCUT2D eigenvalue weighted by atomic mass is 32.1. The van der Waals surface area contributed by atoms with E-state index in [4.69, 9.17) is 5.11 Å². The number of benzene rings is 1. The maximum atomic E-state index is 13.8. The van der Waals surface area contributed by atoms with E-state index >= 15 is 0 Å². The molecule has 20 heavy (non-hydrogen) atoms. The van der Waals surface area contributed by atoms with Gasteiger partial charge in [-0.3, -0.25) is 0 Å². The summed E-state index contributed by atoms with van der Waals surface area (Å²) in [5.41, 5.74) is 0.590. The van der Waals surface area contributed by atoms with Gasteiger partial charge in [-0.15, -0.1) is 11.3 Å². The summed E-state index contributed by atoms with van der Waals surface area (Å²) in [4.78, 5) is 15.5. The molecule has 2 rings (SSSR count). The molecule has 0 spiro atoms. The smallest absolute Gasteiger partial charge is 0.337 e. The van der Waals surface area contributed by atoms with E-state index < -0.39 is 11.8 Å². The second-order valence-electron chi connectivity index (χ2n) is 5.38. The number of aromatic carboxylic acids is 1. The number of anilines is 2. The topological polar surface area (TPSA) is 62.2 Å². The zero-order valence-corrected chi connectivity index (χ0v) is 12.2. The summed E-state index contributed by atoms with van der Waals surface area (Å²) in [6.45, 7) is 6.08. The number of hydrogen-bond acceptors (Lipinski definition) is 4. The Balaban J connectivity index is 2.35. The lowest BCUT2D eigenvalue weighted by Crippen LogP contribution is -2.11. The van der Waals surface area contributed by atoms with E-state index in [0.29, 0.717) is 5.13 Å². The highest BCUT2D eigenvalue weighted by Gasteiger charge is 2.19. The second kappa shape index (κ2) is 5.20. The predicted octanol–water partition coefficient (Wildman–Crippen LogP) is 4.02. The quantitative estimate of drug-likeness (QED) is 0.897. The van der Waals surface area contributed by atoms with Gasteiger partial charge in [0.05, 0.1) is 16.9 Å². The van der Waals surface area contributed by atoms with Gasteiger partial charge in [-0.2, -0.15) is 0 Å². The van der Waals surface area contributed by atoms with Gasteiger partial charge in [0.1, 0.15) is 5.82 Å². The van der Waals surface area contributed by atoms with Gasteiger partial charge < -0.3 is 10.4 Å². The summed E-state index contributed by atoms with van der Waals surface area (Å²) >= 11 is 1.32. The van der Waals surface area contributed by atoms with Crippen LogP contribution in [-0.2, 0) is 5.41 Å². The maximum Gasteiger partial charge on any atom is 0.337 e.